The Morgan fingerprint density at radius 2 is 2.09 bits per heavy atom. The zero-order valence-electron chi connectivity index (χ0n) is 7.44. The lowest BCUT2D eigenvalue weighted by Crippen LogP contribution is -1.75. The fourth-order valence-electron chi connectivity index (χ4n) is 0.828. The highest BCUT2D eigenvalue weighted by Gasteiger charge is 1.89. The summed E-state index contributed by atoms with van der Waals surface area (Å²) in [6.07, 6.45) is 10.7. The maximum atomic E-state index is 5.91. The van der Waals surface area contributed by atoms with Gasteiger partial charge in [0, 0.05) is 5.03 Å². The van der Waals surface area contributed by atoms with Crippen molar-refractivity contribution in [3.8, 4) is 0 Å². The number of rotatable bonds is 5. The predicted octanol–water partition coefficient (Wildman–Crippen LogP) is 4.27. The molecule has 0 aliphatic heterocycles. The third-order valence-corrected chi connectivity index (χ3v) is 1.80. The van der Waals surface area contributed by atoms with E-state index in [-0.39, 0.29) is 0 Å². The van der Waals surface area contributed by atoms with Gasteiger partial charge in [-0.15, -0.1) is 0 Å². The minimum Gasteiger partial charge on any atom is -0.0892 e. The van der Waals surface area contributed by atoms with Crippen molar-refractivity contribution in [3.63, 3.8) is 0 Å². The van der Waals surface area contributed by atoms with E-state index in [1.807, 2.05) is 25.2 Å². The second-order valence-corrected chi connectivity index (χ2v) is 3.08. The molecule has 0 aromatic carbocycles. The van der Waals surface area contributed by atoms with Crippen LogP contribution in [0.5, 0.6) is 0 Å². The highest BCUT2D eigenvalue weighted by molar-refractivity contribution is 6.29. The lowest BCUT2D eigenvalue weighted by atomic mass is 10.2. The van der Waals surface area contributed by atoms with Crippen LogP contribution in [-0.4, -0.2) is 0 Å². The number of unbranched alkanes of at least 4 members (excludes halogenated alkanes) is 2. The van der Waals surface area contributed by atoms with Gasteiger partial charge in [-0.1, -0.05) is 43.5 Å². The molecule has 0 aliphatic carbocycles. The van der Waals surface area contributed by atoms with Gasteiger partial charge in [0.25, 0.3) is 0 Å². The molecule has 0 atom stereocenters. The van der Waals surface area contributed by atoms with Crippen molar-refractivity contribution >= 4 is 11.6 Å². The molecule has 0 spiro atoms. The van der Waals surface area contributed by atoms with Crippen LogP contribution in [0.25, 0.3) is 0 Å². The van der Waals surface area contributed by atoms with Crippen molar-refractivity contribution in [2.75, 3.05) is 0 Å². The highest BCUT2D eigenvalue weighted by Crippen LogP contribution is 2.12. The highest BCUT2D eigenvalue weighted by atomic mass is 35.5. The first-order valence-electron chi connectivity index (χ1n) is 4.28. The van der Waals surface area contributed by atoms with Gasteiger partial charge < -0.3 is 0 Å². The molecule has 0 amide bonds. The van der Waals surface area contributed by atoms with Crippen LogP contribution in [0, 0.1) is 0 Å². The average Bonchev–Trinajstić information content (AvgIpc) is 2.01. The Bertz CT molecular complexity index is 134. The summed E-state index contributed by atoms with van der Waals surface area (Å²) in [6.45, 7) is 4.19. The van der Waals surface area contributed by atoms with Gasteiger partial charge in [-0.3, -0.25) is 0 Å². The summed E-state index contributed by atoms with van der Waals surface area (Å²) in [6, 6.07) is 0. The molecule has 0 N–H and O–H groups in total. The summed E-state index contributed by atoms with van der Waals surface area (Å²) in [5, 5.41) is 0.969. The van der Waals surface area contributed by atoms with E-state index in [0.29, 0.717) is 0 Å². The van der Waals surface area contributed by atoms with E-state index >= 15 is 0 Å². The quantitative estimate of drug-likeness (QED) is 0.429. The summed E-state index contributed by atoms with van der Waals surface area (Å²) in [4.78, 5) is 0. The van der Waals surface area contributed by atoms with Crippen LogP contribution in [-0.2, 0) is 0 Å². The van der Waals surface area contributed by atoms with Gasteiger partial charge in [-0.05, 0) is 25.8 Å². The lowest BCUT2D eigenvalue weighted by Gasteiger charge is -1.95. The summed E-state index contributed by atoms with van der Waals surface area (Å²) < 4.78 is 0. The van der Waals surface area contributed by atoms with Crippen LogP contribution in [0.2, 0.25) is 0 Å². The Hall–Kier alpha value is -0.230. The van der Waals surface area contributed by atoms with Gasteiger partial charge in [0.2, 0.25) is 0 Å². The largest absolute Gasteiger partial charge is 0.0892 e. The number of hydrogen-bond acceptors (Lipinski definition) is 0. The van der Waals surface area contributed by atoms with Crippen molar-refractivity contribution in [2.45, 2.75) is 39.5 Å². The Kier molecular flexibility index (Phi) is 7.71. The van der Waals surface area contributed by atoms with Crippen molar-refractivity contribution in [1.82, 2.24) is 0 Å². The van der Waals surface area contributed by atoms with Crippen molar-refractivity contribution in [1.29, 1.82) is 0 Å². The standard InChI is InChI=1S/C10H17Cl/c1-3-5-7-9-10(11)8-6-4-2/h4,6,8H,3,5,7,9H2,1-2H3. The molecule has 0 fully saturated rings. The van der Waals surface area contributed by atoms with E-state index in [1.165, 1.54) is 19.3 Å². The molecule has 0 rings (SSSR count). The zero-order chi connectivity index (χ0) is 8.53. The van der Waals surface area contributed by atoms with E-state index in [0.717, 1.165) is 11.5 Å². The second-order valence-electron chi connectivity index (χ2n) is 2.60. The zero-order valence-corrected chi connectivity index (χ0v) is 8.19. The number of allylic oxidation sites excluding steroid dienone is 4. The van der Waals surface area contributed by atoms with E-state index in [2.05, 4.69) is 6.92 Å². The SMILES string of the molecule is CC=CC=C(Cl)CCCCC. The fraction of sp³-hybridized carbons (Fsp3) is 0.600. The third-order valence-electron chi connectivity index (χ3n) is 1.49. The molecular weight excluding hydrogens is 156 g/mol. The molecular formula is C10H17Cl. The molecule has 0 aromatic rings. The van der Waals surface area contributed by atoms with Gasteiger partial charge in [0.15, 0.2) is 0 Å². The smallest absolute Gasteiger partial charge is 0.0180 e. The molecule has 0 heterocycles. The van der Waals surface area contributed by atoms with Gasteiger partial charge in [0.1, 0.15) is 0 Å². The normalized spacial score (nSPS) is 12.8. The molecule has 11 heavy (non-hydrogen) atoms. The van der Waals surface area contributed by atoms with E-state index in [4.69, 9.17) is 11.6 Å². The van der Waals surface area contributed by atoms with E-state index in [1.54, 1.807) is 0 Å². The molecule has 0 unspecified atom stereocenters. The van der Waals surface area contributed by atoms with Crippen LogP contribution in [0.3, 0.4) is 0 Å². The number of halogens is 1. The average molecular weight is 173 g/mol. The van der Waals surface area contributed by atoms with Crippen LogP contribution < -0.4 is 0 Å². The summed E-state index contributed by atoms with van der Waals surface area (Å²) in [5.74, 6) is 0. The molecule has 1 heteroatoms. The van der Waals surface area contributed by atoms with Gasteiger partial charge in [-0.25, -0.2) is 0 Å². The van der Waals surface area contributed by atoms with E-state index < -0.39 is 0 Å². The lowest BCUT2D eigenvalue weighted by molar-refractivity contribution is 0.725. The van der Waals surface area contributed by atoms with Gasteiger partial charge in [0.05, 0.1) is 0 Å². The van der Waals surface area contributed by atoms with Crippen LogP contribution >= 0.6 is 11.6 Å². The fourth-order valence-corrected chi connectivity index (χ4v) is 1.03. The first kappa shape index (κ1) is 10.8. The van der Waals surface area contributed by atoms with Crippen LogP contribution in [0.4, 0.5) is 0 Å². The number of hydrogen-bond donors (Lipinski definition) is 0. The summed E-state index contributed by atoms with van der Waals surface area (Å²) >= 11 is 5.91. The Morgan fingerprint density at radius 3 is 2.64 bits per heavy atom. The molecule has 64 valence electrons. The Labute approximate surface area is 74.9 Å². The topological polar surface area (TPSA) is 0 Å². The van der Waals surface area contributed by atoms with Gasteiger partial charge in [-0.2, -0.15) is 0 Å². The second kappa shape index (κ2) is 7.87. The molecule has 0 aliphatic rings. The van der Waals surface area contributed by atoms with Crippen molar-refractivity contribution in [2.24, 2.45) is 0 Å². The Balaban J connectivity index is 3.42. The molecule has 0 aromatic heterocycles. The third kappa shape index (κ3) is 7.67. The maximum absolute atomic E-state index is 5.91. The first-order chi connectivity index (χ1) is 5.31. The van der Waals surface area contributed by atoms with Gasteiger partial charge >= 0.3 is 0 Å². The van der Waals surface area contributed by atoms with E-state index in [9.17, 15) is 0 Å². The maximum Gasteiger partial charge on any atom is 0.0180 e. The van der Waals surface area contributed by atoms with Crippen LogP contribution in [0.1, 0.15) is 39.5 Å². The Morgan fingerprint density at radius 1 is 1.36 bits per heavy atom. The minimum atomic E-state index is 0.969. The van der Waals surface area contributed by atoms with Crippen LogP contribution in [0.15, 0.2) is 23.3 Å². The summed E-state index contributed by atoms with van der Waals surface area (Å²) in [5.41, 5.74) is 0. The minimum absolute atomic E-state index is 0.969. The first-order valence-corrected chi connectivity index (χ1v) is 4.66. The monoisotopic (exact) mass is 172 g/mol. The summed E-state index contributed by atoms with van der Waals surface area (Å²) in [7, 11) is 0. The molecule has 0 nitrogen and oxygen atoms in total. The predicted molar refractivity (Wildman–Crippen MR) is 52.9 cm³/mol. The van der Waals surface area contributed by atoms with Crippen molar-refractivity contribution < 1.29 is 0 Å². The molecule has 0 saturated heterocycles. The van der Waals surface area contributed by atoms with Crippen molar-refractivity contribution in [3.05, 3.63) is 23.3 Å². The molecule has 0 saturated carbocycles. The molecule has 0 radical (unpaired) electrons. The molecule has 0 bridgehead atoms.